The highest BCUT2D eigenvalue weighted by Gasteiger charge is 2.36. The number of hydrogen-bond acceptors (Lipinski definition) is 10. The van der Waals surface area contributed by atoms with Crippen molar-refractivity contribution in [2.75, 3.05) is 70.8 Å². The van der Waals surface area contributed by atoms with Crippen LogP contribution in [0.2, 0.25) is 0 Å². The number of nitrogens with zero attached hydrogens (tertiary/aromatic N) is 1. The molecule has 0 spiro atoms. The van der Waals surface area contributed by atoms with Gasteiger partial charge in [-0.05, 0) is 31.2 Å². The average Bonchev–Trinajstić information content (AvgIpc) is 2.99. The van der Waals surface area contributed by atoms with E-state index < -0.39 is 15.9 Å². The molecule has 3 aromatic carbocycles. The van der Waals surface area contributed by atoms with E-state index in [9.17, 15) is 18.0 Å². The summed E-state index contributed by atoms with van der Waals surface area (Å²) >= 11 is 0. The number of benzene rings is 3. The van der Waals surface area contributed by atoms with Gasteiger partial charge in [-0.25, -0.2) is 0 Å². The average molecular weight is 596 g/mol. The minimum atomic E-state index is -4.27. The molecule has 222 valence electrons. The lowest BCUT2D eigenvalue weighted by molar-refractivity contribution is 0.00206. The molecule has 0 saturated carbocycles. The van der Waals surface area contributed by atoms with E-state index in [0.29, 0.717) is 71.6 Å². The first-order chi connectivity index (χ1) is 20.4. The van der Waals surface area contributed by atoms with Crippen LogP contribution >= 0.6 is 0 Å². The second-order valence-electron chi connectivity index (χ2n) is 9.82. The number of anilines is 1. The van der Waals surface area contributed by atoms with Gasteiger partial charge in [-0.15, -0.1) is 0 Å². The number of ketones is 2. The third kappa shape index (κ3) is 6.71. The van der Waals surface area contributed by atoms with E-state index in [-0.39, 0.29) is 38.7 Å². The Bertz CT molecular complexity index is 1520. The van der Waals surface area contributed by atoms with E-state index in [0.717, 1.165) is 5.56 Å². The van der Waals surface area contributed by atoms with Crippen molar-refractivity contribution in [1.29, 1.82) is 0 Å². The van der Waals surface area contributed by atoms with Gasteiger partial charge >= 0.3 is 10.1 Å². The molecule has 1 fully saturated rings. The molecule has 0 aromatic heterocycles. The van der Waals surface area contributed by atoms with Gasteiger partial charge in [-0.2, -0.15) is 8.42 Å². The van der Waals surface area contributed by atoms with Gasteiger partial charge < -0.3 is 28.0 Å². The highest BCUT2D eigenvalue weighted by molar-refractivity contribution is 7.87. The summed E-state index contributed by atoms with van der Waals surface area (Å²) < 4.78 is 54.2. The van der Waals surface area contributed by atoms with Gasteiger partial charge in [0.1, 0.15) is 4.90 Å². The normalized spacial score (nSPS) is 17.5. The number of ether oxygens (including phenoxy) is 4. The molecular weight excluding hydrogens is 562 g/mol. The van der Waals surface area contributed by atoms with Crippen LogP contribution in [0, 0.1) is 6.92 Å². The fraction of sp³-hybridized carbons (Fsp3) is 0.355. The summed E-state index contributed by atoms with van der Waals surface area (Å²) in [5, 5.41) is 0. The minimum absolute atomic E-state index is 0.0567. The SMILES string of the molecule is Cc1ccc(S(=O)(=O)Oc2cccc3c2C(=O)c2c(cccc2N2CCOCCOCCOCCOCC2)C3=O)cc1. The molecule has 1 aliphatic heterocycles. The Balaban J connectivity index is 1.47. The third-order valence-corrected chi connectivity index (χ3v) is 8.24. The van der Waals surface area contributed by atoms with Crippen molar-refractivity contribution in [3.05, 3.63) is 88.5 Å². The largest absolute Gasteiger partial charge is 0.378 e. The van der Waals surface area contributed by atoms with Crippen molar-refractivity contribution in [3.63, 3.8) is 0 Å². The van der Waals surface area contributed by atoms with Crippen LogP contribution < -0.4 is 9.08 Å². The van der Waals surface area contributed by atoms with Crippen molar-refractivity contribution in [1.82, 2.24) is 0 Å². The zero-order valence-electron chi connectivity index (χ0n) is 23.4. The standard InChI is InChI=1S/C31H33NO9S/c1-22-8-10-23(11-9-22)42(35,36)41-27-7-3-5-25-29(27)31(34)28-24(30(25)33)4-2-6-26(28)32-12-14-37-16-18-39-20-21-40-19-17-38-15-13-32/h2-11H,12-21H2,1H3. The topological polar surface area (TPSA) is 118 Å². The first-order valence-corrected chi connectivity index (χ1v) is 15.2. The van der Waals surface area contributed by atoms with E-state index in [1.807, 2.05) is 11.8 Å². The van der Waals surface area contributed by atoms with E-state index in [4.69, 9.17) is 23.1 Å². The van der Waals surface area contributed by atoms with Crippen LogP contribution in [0.15, 0.2) is 65.6 Å². The van der Waals surface area contributed by atoms with Crippen molar-refractivity contribution in [3.8, 4) is 5.75 Å². The quantitative estimate of drug-likeness (QED) is 0.325. The summed E-state index contributed by atoms with van der Waals surface area (Å²) in [6, 6.07) is 15.7. The number of hydrogen-bond donors (Lipinski definition) is 0. The fourth-order valence-corrected chi connectivity index (χ4v) is 5.80. The molecule has 10 nitrogen and oxygen atoms in total. The van der Waals surface area contributed by atoms with Crippen LogP contribution in [-0.4, -0.2) is 85.9 Å². The molecule has 0 unspecified atom stereocenters. The van der Waals surface area contributed by atoms with Crippen molar-refractivity contribution in [2.24, 2.45) is 0 Å². The molecular formula is C31H33NO9S. The molecule has 3 aromatic rings. The molecule has 0 N–H and O–H groups in total. The molecule has 0 amide bonds. The maximum Gasteiger partial charge on any atom is 0.339 e. The first-order valence-electron chi connectivity index (χ1n) is 13.8. The number of aryl methyl sites for hydroxylation is 1. The minimum Gasteiger partial charge on any atom is -0.378 e. The van der Waals surface area contributed by atoms with Gasteiger partial charge in [0.15, 0.2) is 17.3 Å². The zero-order chi connectivity index (χ0) is 29.5. The Morgan fingerprint density at radius 1 is 0.643 bits per heavy atom. The third-order valence-electron chi connectivity index (χ3n) is 6.99. The molecule has 0 bridgehead atoms. The monoisotopic (exact) mass is 595 g/mol. The second kappa shape index (κ2) is 13.6. The summed E-state index contributed by atoms with van der Waals surface area (Å²) in [4.78, 5) is 29.7. The van der Waals surface area contributed by atoms with E-state index in [1.165, 1.54) is 30.3 Å². The van der Waals surface area contributed by atoms with Gasteiger partial charge in [0, 0.05) is 29.9 Å². The lowest BCUT2D eigenvalue weighted by Gasteiger charge is -2.29. The molecule has 1 aliphatic carbocycles. The molecule has 42 heavy (non-hydrogen) atoms. The smallest absolute Gasteiger partial charge is 0.339 e. The second-order valence-corrected chi connectivity index (χ2v) is 11.4. The number of rotatable bonds is 4. The number of fused-ring (bicyclic) bond motifs is 2. The summed E-state index contributed by atoms with van der Waals surface area (Å²) in [6.45, 7) is 6.00. The molecule has 5 rings (SSSR count). The van der Waals surface area contributed by atoms with Crippen molar-refractivity contribution < 1.29 is 41.1 Å². The molecule has 2 aliphatic rings. The number of carbonyl (C=O) groups is 2. The van der Waals surface area contributed by atoms with Gasteiger partial charge in [-0.3, -0.25) is 9.59 Å². The van der Waals surface area contributed by atoms with Crippen LogP contribution in [0.3, 0.4) is 0 Å². The molecule has 11 heteroatoms. The Morgan fingerprint density at radius 3 is 1.76 bits per heavy atom. The predicted octanol–water partition coefficient (Wildman–Crippen LogP) is 3.42. The Kier molecular flexibility index (Phi) is 9.65. The van der Waals surface area contributed by atoms with Gasteiger partial charge in [0.25, 0.3) is 0 Å². The van der Waals surface area contributed by atoms with Gasteiger partial charge in [-0.1, -0.05) is 42.0 Å². The maximum absolute atomic E-state index is 14.2. The molecule has 1 heterocycles. The number of carbonyl (C=O) groups excluding carboxylic acids is 2. The van der Waals surface area contributed by atoms with Crippen LogP contribution in [0.4, 0.5) is 5.69 Å². The lowest BCUT2D eigenvalue weighted by Crippen LogP contribution is -2.34. The summed E-state index contributed by atoms with van der Waals surface area (Å²) in [5.74, 6) is -1.08. The van der Waals surface area contributed by atoms with Crippen LogP contribution in [0.25, 0.3) is 0 Å². The summed E-state index contributed by atoms with van der Waals surface area (Å²) in [7, 11) is -4.27. The predicted molar refractivity (Wildman–Crippen MR) is 154 cm³/mol. The highest BCUT2D eigenvalue weighted by Crippen LogP contribution is 2.38. The Hall–Kier alpha value is -3.61. The van der Waals surface area contributed by atoms with Gasteiger partial charge in [0.2, 0.25) is 0 Å². The fourth-order valence-electron chi connectivity index (χ4n) is 4.86. The molecule has 0 radical (unpaired) electrons. The van der Waals surface area contributed by atoms with Gasteiger partial charge in [0.05, 0.1) is 64.0 Å². The van der Waals surface area contributed by atoms with Crippen molar-refractivity contribution in [2.45, 2.75) is 11.8 Å². The van der Waals surface area contributed by atoms with Crippen LogP contribution in [0.5, 0.6) is 5.75 Å². The maximum atomic E-state index is 14.2. The van der Waals surface area contributed by atoms with Crippen LogP contribution in [-0.2, 0) is 29.1 Å². The Morgan fingerprint density at radius 2 is 1.17 bits per heavy atom. The Labute approximate surface area is 245 Å². The zero-order valence-corrected chi connectivity index (χ0v) is 24.2. The summed E-state index contributed by atoms with van der Waals surface area (Å²) in [6.07, 6.45) is 0. The van der Waals surface area contributed by atoms with E-state index in [1.54, 1.807) is 30.3 Å². The van der Waals surface area contributed by atoms with E-state index in [2.05, 4.69) is 0 Å². The van der Waals surface area contributed by atoms with Crippen molar-refractivity contribution >= 4 is 27.4 Å². The van der Waals surface area contributed by atoms with E-state index >= 15 is 0 Å². The highest BCUT2D eigenvalue weighted by atomic mass is 32.2. The molecule has 1 saturated heterocycles. The first kappa shape index (κ1) is 29.9. The van der Waals surface area contributed by atoms with Crippen LogP contribution in [0.1, 0.15) is 37.4 Å². The lowest BCUT2D eigenvalue weighted by atomic mass is 9.82. The summed E-state index contributed by atoms with van der Waals surface area (Å²) in [5.41, 5.74) is 1.84. The molecule has 0 atom stereocenters.